The maximum absolute atomic E-state index is 13.5. The number of aromatic nitrogens is 1. The van der Waals surface area contributed by atoms with E-state index in [0.29, 0.717) is 17.8 Å². The zero-order valence-electron chi connectivity index (χ0n) is 19.6. The van der Waals surface area contributed by atoms with E-state index in [0.717, 1.165) is 41.7 Å². The molecule has 1 atom stereocenters. The molecule has 6 nitrogen and oxygen atoms in total. The molecule has 0 radical (unpaired) electrons. The van der Waals surface area contributed by atoms with Crippen molar-refractivity contribution >= 4 is 28.5 Å². The monoisotopic (exact) mass is 465 g/mol. The number of fused-ring (bicyclic) bond motifs is 2. The first-order valence-electron chi connectivity index (χ1n) is 11.8. The van der Waals surface area contributed by atoms with Crippen LogP contribution in [-0.2, 0) is 29.0 Å². The molecule has 1 amide bonds. The summed E-state index contributed by atoms with van der Waals surface area (Å²) in [5.41, 5.74) is 4.94. The van der Waals surface area contributed by atoms with Gasteiger partial charge in [-0.25, -0.2) is 4.79 Å². The first-order valence-corrected chi connectivity index (χ1v) is 11.8. The highest BCUT2D eigenvalue weighted by atomic mass is 16.5. The number of nitrogens with one attached hydrogen (secondary N) is 1. The standard InChI is InChI=1S/C29H27N3O3/c1-20(28(33)30-22-12-6-3-7-13-22)35-29(34)27-23-14-8-9-15-25(23)31-26-16-17-32(19-24(26)27)18-21-10-4-2-5-11-21/h2-15,20H,16-19H2,1H3,(H,30,33). The molecular weight excluding hydrogens is 438 g/mol. The van der Waals surface area contributed by atoms with Crippen LogP contribution in [0.1, 0.15) is 34.1 Å². The summed E-state index contributed by atoms with van der Waals surface area (Å²) in [5.74, 6) is -0.875. The largest absolute Gasteiger partial charge is 0.449 e. The predicted molar refractivity (Wildman–Crippen MR) is 136 cm³/mol. The maximum Gasteiger partial charge on any atom is 0.339 e. The van der Waals surface area contributed by atoms with Gasteiger partial charge in [0.15, 0.2) is 6.10 Å². The molecule has 0 saturated heterocycles. The van der Waals surface area contributed by atoms with Crippen LogP contribution in [0.3, 0.4) is 0 Å². The van der Waals surface area contributed by atoms with Gasteiger partial charge in [-0.15, -0.1) is 0 Å². The van der Waals surface area contributed by atoms with Crippen LogP contribution in [0, 0.1) is 0 Å². The number of pyridine rings is 1. The lowest BCUT2D eigenvalue weighted by Crippen LogP contribution is -2.34. The minimum atomic E-state index is -0.950. The highest BCUT2D eigenvalue weighted by Crippen LogP contribution is 2.30. The summed E-state index contributed by atoms with van der Waals surface area (Å²) in [6.07, 6.45) is -0.202. The van der Waals surface area contributed by atoms with Gasteiger partial charge in [0.05, 0.1) is 11.1 Å². The molecule has 1 unspecified atom stereocenters. The number of amides is 1. The van der Waals surface area contributed by atoms with Crippen LogP contribution in [-0.4, -0.2) is 34.4 Å². The second-order valence-corrected chi connectivity index (χ2v) is 8.78. The molecule has 2 heterocycles. The number of nitrogens with zero attached hydrogens (tertiary/aromatic N) is 2. The Kier molecular flexibility index (Phi) is 6.55. The average Bonchev–Trinajstić information content (AvgIpc) is 2.88. The number of benzene rings is 3. The molecule has 0 bridgehead atoms. The van der Waals surface area contributed by atoms with Crippen molar-refractivity contribution < 1.29 is 14.3 Å². The van der Waals surface area contributed by atoms with E-state index in [4.69, 9.17) is 9.72 Å². The third-order valence-electron chi connectivity index (χ3n) is 6.27. The van der Waals surface area contributed by atoms with Crippen molar-refractivity contribution in [2.24, 2.45) is 0 Å². The Morgan fingerprint density at radius 3 is 2.43 bits per heavy atom. The van der Waals surface area contributed by atoms with E-state index in [2.05, 4.69) is 22.3 Å². The number of ether oxygens (including phenoxy) is 1. The number of hydrogen-bond acceptors (Lipinski definition) is 5. The molecule has 0 aliphatic carbocycles. The normalized spacial score (nSPS) is 14.2. The van der Waals surface area contributed by atoms with Gasteiger partial charge in [0.2, 0.25) is 0 Å². The lowest BCUT2D eigenvalue weighted by atomic mass is 9.95. The molecule has 4 aromatic rings. The summed E-state index contributed by atoms with van der Waals surface area (Å²) in [5, 5.41) is 3.54. The van der Waals surface area contributed by atoms with Gasteiger partial charge in [0.25, 0.3) is 5.91 Å². The summed E-state index contributed by atoms with van der Waals surface area (Å²) >= 11 is 0. The molecule has 0 saturated carbocycles. The number of hydrogen-bond donors (Lipinski definition) is 1. The van der Waals surface area contributed by atoms with Crippen LogP contribution < -0.4 is 5.32 Å². The number of rotatable bonds is 6. The minimum absolute atomic E-state index is 0.373. The summed E-state index contributed by atoms with van der Waals surface area (Å²) in [4.78, 5) is 33.4. The van der Waals surface area contributed by atoms with Gasteiger partial charge in [-0.2, -0.15) is 0 Å². The molecule has 35 heavy (non-hydrogen) atoms. The summed E-state index contributed by atoms with van der Waals surface area (Å²) in [6.45, 7) is 3.83. The molecule has 0 fully saturated rings. The lowest BCUT2D eigenvalue weighted by Gasteiger charge is -2.30. The number of carbonyl (C=O) groups is 2. The van der Waals surface area contributed by atoms with Gasteiger partial charge in [-0.1, -0.05) is 66.7 Å². The van der Waals surface area contributed by atoms with Crippen LogP contribution >= 0.6 is 0 Å². The van der Waals surface area contributed by atoms with Crippen molar-refractivity contribution in [1.82, 2.24) is 9.88 Å². The first-order chi connectivity index (χ1) is 17.1. The van der Waals surface area contributed by atoms with E-state index in [1.165, 1.54) is 5.56 Å². The topological polar surface area (TPSA) is 71.5 Å². The van der Waals surface area contributed by atoms with Crippen molar-refractivity contribution in [3.63, 3.8) is 0 Å². The second-order valence-electron chi connectivity index (χ2n) is 8.78. The van der Waals surface area contributed by atoms with Crippen molar-refractivity contribution in [1.29, 1.82) is 0 Å². The fraction of sp³-hybridized carbons (Fsp3) is 0.207. The van der Waals surface area contributed by atoms with Crippen LogP contribution in [0.5, 0.6) is 0 Å². The van der Waals surface area contributed by atoms with Crippen LogP contribution in [0.25, 0.3) is 10.9 Å². The molecule has 5 rings (SSSR count). The first kappa shape index (κ1) is 22.7. The Balaban J connectivity index is 1.42. The van der Waals surface area contributed by atoms with Gasteiger partial charge >= 0.3 is 5.97 Å². The predicted octanol–water partition coefficient (Wildman–Crippen LogP) is 4.98. The average molecular weight is 466 g/mol. The fourth-order valence-electron chi connectivity index (χ4n) is 4.49. The van der Waals surface area contributed by atoms with Crippen LogP contribution in [0.4, 0.5) is 5.69 Å². The zero-order valence-corrected chi connectivity index (χ0v) is 19.6. The summed E-state index contributed by atoms with van der Waals surface area (Å²) < 4.78 is 5.70. The van der Waals surface area contributed by atoms with E-state index < -0.39 is 12.1 Å². The van der Waals surface area contributed by atoms with Gasteiger partial charge in [-0.3, -0.25) is 14.7 Å². The third kappa shape index (κ3) is 5.08. The Bertz CT molecular complexity index is 1360. The van der Waals surface area contributed by atoms with Gasteiger partial charge in [-0.05, 0) is 30.7 Å². The molecule has 176 valence electrons. The number of para-hydroxylation sites is 2. The molecular formula is C29H27N3O3. The summed E-state index contributed by atoms with van der Waals surface area (Å²) in [7, 11) is 0. The lowest BCUT2D eigenvalue weighted by molar-refractivity contribution is -0.123. The summed E-state index contributed by atoms with van der Waals surface area (Å²) in [6, 6.07) is 27.0. The number of anilines is 1. The van der Waals surface area contributed by atoms with Crippen LogP contribution in [0.2, 0.25) is 0 Å². The van der Waals surface area contributed by atoms with E-state index in [1.807, 2.05) is 60.7 Å². The quantitative estimate of drug-likeness (QED) is 0.407. The smallest absolute Gasteiger partial charge is 0.339 e. The third-order valence-corrected chi connectivity index (χ3v) is 6.27. The molecule has 1 aliphatic heterocycles. The highest BCUT2D eigenvalue weighted by molar-refractivity contribution is 6.06. The molecule has 1 aliphatic rings. The highest BCUT2D eigenvalue weighted by Gasteiger charge is 2.28. The minimum Gasteiger partial charge on any atom is -0.449 e. The molecule has 6 heteroatoms. The Morgan fingerprint density at radius 1 is 0.971 bits per heavy atom. The van der Waals surface area contributed by atoms with E-state index >= 15 is 0 Å². The Hall–Kier alpha value is -4.03. The van der Waals surface area contributed by atoms with Gasteiger partial charge < -0.3 is 10.1 Å². The Morgan fingerprint density at radius 2 is 1.66 bits per heavy atom. The van der Waals surface area contributed by atoms with Crippen molar-refractivity contribution in [2.75, 3.05) is 11.9 Å². The molecule has 0 spiro atoms. The number of carbonyl (C=O) groups excluding carboxylic acids is 2. The van der Waals surface area contributed by atoms with Crippen molar-refractivity contribution in [2.45, 2.75) is 32.5 Å². The SMILES string of the molecule is CC(OC(=O)c1c2c(nc3ccccc13)CCN(Cc1ccccc1)C2)C(=O)Nc1ccccc1. The molecule has 3 aromatic carbocycles. The molecule has 1 aromatic heterocycles. The van der Waals surface area contributed by atoms with E-state index in [1.54, 1.807) is 19.1 Å². The molecule has 1 N–H and O–H groups in total. The fourth-order valence-corrected chi connectivity index (χ4v) is 4.49. The van der Waals surface area contributed by atoms with E-state index in [9.17, 15) is 9.59 Å². The van der Waals surface area contributed by atoms with Crippen molar-refractivity contribution in [3.05, 3.63) is 107 Å². The second kappa shape index (κ2) is 10.1. The zero-order chi connectivity index (χ0) is 24.2. The van der Waals surface area contributed by atoms with Gasteiger partial charge in [0.1, 0.15) is 0 Å². The van der Waals surface area contributed by atoms with E-state index in [-0.39, 0.29) is 5.91 Å². The van der Waals surface area contributed by atoms with Crippen LogP contribution in [0.15, 0.2) is 84.9 Å². The number of esters is 1. The maximum atomic E-state index is 13.5. The Labute approximate surface area is 204 Å². The van der Waals surface area contributed by atoms with Gasteiger partial charge in [0, 0.05) is 48.4 Å². The van der Waals surface area contributed by atoms with Crippen molar-refractivity contribution in [3.8, 4) is 0 Å².